The maximum Gasteiger partial charge on any atom is 0.279 e. The minimum atomic E-state index is -0.556. The lowest BCUT2D eigenvalue weighted by Gasteiger charge is -2.14. The molecule has 3 amide bonds. The molecular formula is C21H16N4O5S. The topological polar surface area (TPSA) is 115 Å². The smallest absolute Gasteiger partial charge is 0.279 e. The molecule has 3 aromatic rings. The summed E-state index contributed by atoms with van der Waals surface area (Å²) in [5, 5.41) is 11.1. The molecule has 1 aromatic heterocycles. The van der Waals surface area contributed by atoms with E-state index in [1.165, 1.54) is 18.2 Å². The molecule has 9 nitrogen and oxygen atoms in total. The number of hydrogen-bond acceptors (Lipinski definition) is 6. The number of fused-ring (bicyclic) bond motifs is 1. The number of nitro benzene ring substituents is 1. The van der Waals surface area contributed by atoms with Crippen LogP contribution in [0.5, 0.6) is 0 Å². The van der Waals surface area contributed by atoms with Crippen LogP contribution in [0.1, 0.15) is 23.2 Å². The Morgan fingerprint density at radius 3 is 2.61 bits per heavy atom. The number of nitrogens with zero attached hydrogens (tertiary/aromatic N) is 4. The van der Waals surface area contributed by atoms with Crippen LogP contribution in [0.2, 0.25) is 0 Å². The highest BCUT2D eigenvalue weighted by molar-refractivity contribution is 7.16. The molecule has 10 heteroatoms. The number of carbonyl (C=O) groups is 3. The van der Waals surface area contributed by atoms with E-state index in [4.69, 9.17) is 0 Å². The van der Waals surface area contributed by atoms with Crippen LogP contribution in [0.15, 0.2) is 60.1 Å². The standard InChI is InChI=1S/C21H16N4O5S/c1-2-10-23-16-7-6-15(25(29)30)12-17(16)31-21(23)22-20(28)13-4-3-5-14(11-13)24-18(26)8-9-19(24)27/h2-7,11-12H,1,8-10H2. The molecule has 1 aliphatic rings. The van der Waals surface area contributed by atoms with Gasteiger partial charge in [0, 0.05) is 37.1 Å². The van der Waals surface area contributed by atoms with Crippen LogP contribution in [-0.2, 0) is 16.1 Å². The summed E-state index contributed by atoms with van der Waals surface area (Å²) >= 11 is 1.15. The van der Waals surface area contributed by atoms with Crippen molar-refractivity contribution >= 4 is 50.6 Å². The lowest BCUT2D eigenvalue weighted by atomic mass is 10.2. The Kier molecular flexibility index (Phi) is 5.30. The molecule has 2 aromatic carbocycles. The predicted molar refractivity (Wildman–Crippen MR) is 115 cm³/mol. The molecule has 0 bridgehead atoms. The van der Waals surface area contributed by atoms with Crippen LogP contribution in [-0.4, -0.2) is 27.2 Å². The first-order chi connectivity index (χ1) is 14.9. The normalized spacial score (nSPS) is 14.5. The molecule has 156 valence electrons. The van der Waals surface area contributed by atoms with Gasteiger partial charge in [-0.2, -0.15) is 4.99 Å². The van der Waals surface area contributed by atoms with Gasteiger partial charge >= 0.3 is 0 Å². The Labute approximate surface area is 179 Å². The van der Waals surface area contributed by atoms with Crippen molar-refractivity contribution in [3.8, 4) is 0 Å². The number of benzene rings is 2. The van der Waals surface area contributed by atoms with Gasteiger partial charge in [0.1, 0.15) is 0 Å². The van der Waals surface area contributed by atoms with Gasteiger partial charge in [-0.15, -0.1) is 6.58 Å². The van der Waals surface area contributed by atoms with Gasteiger partial charge in [-0.25, -0.2) is 0 Å². The summed E-state index contributed by atoms with van der Waals surface area (Å²) in [6.07, 6.45) is 1.94. The molecule has 0 unspecified atom stereocenters. The molecule has 0 radical (unpaired) electrons. The number of thiazole rings is 1. The van der Waals surface area contributed by atoms with E-state index in [9.17, 15) is 24.5 Å². The van der Waals surface area contributed by atoms with Crippen molar-refractivity contribution in [1.29, 1.82) is 0 Å². The van der Waals surface area contributed by atoms with Crippen molar-refractivity contribution in [3.63, 3.8) is 0 Å². The second-order valence-corrected chi connectivity index (χ2v) is 7.79. The van der Waals surface area contributed by atoms with E-state index in [2.05, 4.69) is 11.6 Å². The van der Waals surface area contributed by atoms with Gasteiger partial charge in [-0.05, 0) is 24.3 Å². The SMILES string of the molecule is C=CCn1c(=NC(=O)c2cccc(N3C(=O)CCC3=O)c2)sc2cc([N+](=O)[O-])ccc21. The van der Waals surface area contributed by atoms with Crippen LogP contribution in [0.3, 0.4) is 0 Å². The van der Waals surface area contributed by atoms with Gasteiger partial charge in [0.15, 0.2) is 4.80 Å². The van der Waals surface area contributed by atoms with E-state index in [-0.39, 0.29) is 35.9 Å². The molecular weight excluding hydrogens is 420 g/mol. The second-order valence-electron chi connectivity index (χ2n) is 6.78. The van der Waals surface area contributed by atoms with Gasteiger partial charge in [0.2, 0.25) is 11.8 Å². The number of anilines is 1. The molecule has 0 aliphatic carbocycles. The number of imide groups is 1. The number of aromatic nitrogens is 1. The second kappa shape index (κ2) is 8.07. The van der Waals surface area contributed by atoms with Crippen molar-refractivity contribution in [2.45, 2.75) is 19.4 Å². The summed E-state index contributed by atoms with van der Waals surface area (Å²) in [6, 6.07) is 10.6. The average molecular weight is 436 g/mol. The van der Waals surface area contributed by atoms with Gasteiger partial charge < -0.3 is 4.57 Å². The Balaban J connectivity index is 1.77. The monoisotopic (exact) mass is 436 g/mol. The number of nitro groups is 1. The van der Waals surface area contributed by atoms with E-state index >= 15 is 0 Å². The lowest BCUT2D eigenvalue weighted by molar-refractivity contribution is -0.384. The summed E-state index contributed by atoms with van der Waals surface area (Å²) < 4.78 is 2.36. The first-order valence-electron chi connectivity index (χ1n) is 9.32. The summed E-state index contributed by atoms with van der Waals surface area (Å²) in [4.78, 5) is 53.1. The lowest BCUT2D eigenvalue weighted by Crippen LogP contribution is -2.28. The molecule has 31 heavy (non-hydrogen) atoms. The molecule has 0 spiro atoms. The highest BCUT2D eigenvalue weighted by atomic mass is 32.1. The fourth-order valence-electron chi connectivity index (χ4n) is 3.36. The highest BCUT2D eigenvalue weighted by Gasteiger charge is 2.30. The van der Waals surface area contributed by atoms with E-state index in [1.807, 2.05) is 0 Å². The van der Waals surface area contributed by atoms with Crippen molar-refractivity contribution in [2.24, 2.45) is 4.99 Å². The van der Waals surface area contributed by atoms with Crippen molar-refractivity contribution in [1.82, 2.24) is 4.57 Å². The third-order valence-corrected chi connectivity index (χ3v) is 5.83. The Morgan fingerprint density at radius 2 is 1.94 bits per heavy atom. The zero-order valence-electron chi connectivity index (χ0n) is 16.2. The molecule has 0 atom stereocenters. The largest absolute Gasteiger partial charge is 0.312 e. The molecule has 0 N–H and O–H groups in total. The quantitative estimate of drug-likeness (QED) is 0.264. The van der Waals surface area contributed by atoms with Crippen molar-refractivity contribution < 1.29 is 19.3 Å². The Morgan fingerprint density at radius 1 is 1.19 bits per heavy atom. The molecule has 1 aliphatic heterocycles. The summed E-state index contributed by atoms with van der Waals surface area (Å²) in [5.74, 6) is -1.16. The summed E-state index contributed by atoms with van der Waals surface area (Å²) in [5.41, 5.74) is 1.20. The molecule has 4 rings (SSSR count). The number of hydrogen-bond donors (Lipinski definition) is 0. The first-order valence-corrected chi connectivity index (χ1v) is 10.1. The third-order valence-electron chi connectivity index (χ3n) is 4.79. The minimum absolute atomic E-state index is 0.0509. The van der Waals surface area contributed by atoms with Crippen molar-refractivity contribution in [3.05, 3.63) is 75.6 Å². The van der Waals surface area contributed by atoms with Crippen LogP contribution in [0.25, 0.3) is 10.2 Å². The van der Waals surface area contributed by atoms with Crippen LogP contribution >= 0.6 is 11.3 Å². The maximum atomic E-state index is 12.9. The van der Waals surface area contributed by atoms with Gasteiger partial charge in [-0.3, -0.25) is 29.4 Å². The zero-order chi connectivity index (χ0) is 22.1. The highest BCUT2D eigenvalue weighted by Crippen LogP contribution is 2.25. The Hall–Kier alpha value is -3.92. The van der Waals surface area contributed by atoms with E-state index in [0.717, 1.165) is 16.2 Å². The number of rotatable bonds is 5. The van der Waals surface area contributed by atoms with E-state index in [0.29, 0.717) is 27.3 Å². The molecule has 1 saturated heterocycles. The molecule has 1 fully saturated rings. The maximum absolute atomic E-state index is 12.9. The van der Waals surface area contributed by atoms with Gasteiger partial charge in [-0.1, -0.05) is 23.5 Å². The van der Waals surface area contributed by atoms with Crippen LogP contribution in [0.4, 0.5) is 11.4 Å². The first kappa shape index (κ1) is 20.4. The van der Waals surface area contributed by atoms with Crippen LogP contribution < -0.4 is 9.70 Å². The number of non-ortho nitro benzene ring substituents is 1. The molecule has 2 heterocycles. The van der Waals surface area contributed by atoms with Crippen molar-refractivity contribution in [2.75, 3.05) is 4.90 Å². The zero-order valence-corrected chi connectivity index (χ0v) is 17.0. The number of amides is 3. The third kappa shape index (κ3) is 3.80. The molecule has 0 saturated carbocycles. The fourth-order valence-corrected chi connectivity index (χ4v) is 4.43. The average Bonchev–Trinajstić information content (AvgIpc) is 3.27. The van der Waals surface area contributed by atoms with Gasteiger partial charge in [0.25, 0.3) is 11.6 Å². The fraction of sp³-hybridized carbons (Fsp3) is 0.143. The van der Waals surface area contributed by atoms with Crippen LogP contribution in [0, 0.1) is 10.1 Å². The summed E-state index contributed by atoms with van der Waals surface area (Å²) in [7, 11) is 0. The predicted octanol–water partition coefficient (Wildman–Crippen LogP) is 3.19. The van der Waals surface area contributed by atoms with E-state index in [1.54, 1.807) is 34.9 Å². The number of carbonyl (C=O) groups excluding carboxylic acids is 3. The summed E-state index contributed by atoms with van der Waals surface area (Å²) in [6.45, 7) is 4.08. The van der Waals surface area contributed by atoms with Gasteiger partial charge in [0.05, 0.1) is 20.8 Å². The number of allylic oxidation sites excluding steroid dienone is 1. The van der Waals surface area contributed by atoms with E-state index < -0.39 is 10.8 Å². The minimum Gasteiger partial charge on any atom is -0.312 e. The Bertz CT molecular complexity index is 1320.